The van der Waals surface area contributed by atoms with Crippen LogP contribution in [-0.2, 0) is 33.3 Å². The highest BCUT2D eigenvalue weighted by atomic mass is 16.6. The van der Waals surface area contributed by atoms with Crippen LogP contribution in [0.1, 0.15) is 20.8 Å². The van der Waals surface area contributed by atoms with Crippen molar-refractivity contribution >= 4 is 11.8 Å². The summed E-state index contributed by atoms with van der Waals surface area (Å²) in [4.78, 5) is 22.4. The molecule has 27 heavy (non-hydrogen) atoms. The molecule has 0 radical (unpaired) electrons. The number of likely N-dealkylation sites (N-methyl/N-ethyl adjacent to an activating group) is 1. The molecule has 2 N–H and O–H groups in total. The number of rotatable bonds is 19. The van der Waals surface area contributed by atoms with Gasteiger partial charge in [0.1, 0.15) is 6.61 Å². The minimum Gasteiger partial charge on any atom is -0.377 e. The average molecular weight is 392 g/mol. The zero-order valence-corrected chi connectivity index (χ0v) is 16.9. The third-order valence-electron chi connectivity index (χ3n) is 3.17. The zero-order valence-electron chi connectivity index (χ0n) is 16.9. The van der Waals surface area contributed by atoms with Crippen LogP contribution in [0.2, 0.25) is 0 Å². The Morgan fingerprint density at radius 3 is 1.59 bits per heavy atom. The fraction of sp³-hybridized carbons (Fsp3) is 0.889. The maximum atomic E-state index is 11.3. The number of carbonyl (C=O) groups is 2. The van der Waals surface area contributed by atoms with E-state index in [2.05, 4.69) is 10.6 Å². The van der Waals surface area contributed by atoms with Crippen LogP contribution in [0.25, 0.3) is 0 Å². The van der Waals surface area contributed by atoms with Crippen LogP contribution in [0.3, 0.4) is 0 Å². The van der Waals surface area contributed by atoms with Gasteiger partial charge in [0.2, 0.25) is 11.8 Å². The van der Waals surface area contributed by atoms with Crippen LogP contribution in [-0.4, -0.2) is 91.0 Å². The molecule has 0 aromatic rings. The molecule has 0 unspecified atom stereocenters. The Bertz CT molecular complexity index is 368. The first-order valence-electron chi connectivity index (χ1n) is 9.51. The van der Waals surface area contributed by atoms with Crippen molar-refractivity contribution in [3.05, 3.63) is 0 Å². The summed E-state index contributed by atoms with van der Waals surface area (Å²) in [6, 6.07) is 0. The van der Waals surface area contributed by atoms with Gasteiger partial charge in [0, 0.05) is 19.0 Å². The SMILES string of the molecule is CCNC(=O)COCCOCCOCCOCCOCCNC(=O)C(C)C. The number of amides is 2. The number of carbonyl (C=O) groups excluding carboxylic acids is 2. The van der Waals surface area contributed by atoms with E-state index >= 15 is 0 Å². The summed E-state index contributed by atoms with van der Waals surface area (Å²) in [5.41, 5.74) is 0. The van der Waals surface area contributed by atoms with Gasteiger partial charge in [-0.3, -0.25) is 9.59 Å². The molecule has 2 amide bonds. The smallest absolute Gasteiger partial charge is 0.245 e. The lowest BCUT2D eigenvalue weighted by molar-refractivity contribution is -0.126. The van der Waals surface area contributed by atoms with Gasteiger partial charge < -0.3 is 34.3 Å². The predicted octanol–water partition coefficient (Wildman–Crippen LogP) is -0.0223. The molecule has 0 aliphatic carbocycles. The summed E-state index contributed by atoms with van der Waals surface area (Å²) >= 11 is 0. The first kappa shape index (κ1) is 25.7. The Hall–Kier alpha value is -1.26. The molecule has 160 valence electrons. The van der Waals surface area contributed by atoms with E-state index in [9.17, 15) is 9.59 Å². The Morgan fingerprint density at radius 2 is 1.15 bits per heavy atom. The van der Waals surface area contributed by atoms with Crippen molar-refractivity contribution in [2.45, 2.75) is 20.8 Å². The van der Waals surface area contributed by atoms with Crippen LogP contribution in [0, 0.1) is 5.92 Å². The third kappa shape index (κ3) is 19.3. The molecule has 0 aromatic heterocycles. The van der Waals surface area contributed by atoms with Crippen LogP contribution in [0.5, 0.6) is 0 Å². The van der Waals surface area contributed by atoms with E-state index < -0.39 is 0 Å². The molecule has 0 spiro atoms. The minimum atomic E-state index is -0.121. The van der Waals surface area contributed by atoms with Crippen LogP contribution in [0.15, 0.2) is 0 Å². The van der Waals surface area contributed by atoms with E-state index in [4.69, 9.17) is 23.7 Å². The van der Waals surface area contributed by atoms with Crippen LogP contribution in [0.4, 0.5) is 0 Å². The summed E-state index contributed by atoms with van der Waals surface area (Å²) in [6.45, 7) is 10.9. The molecule has 0 saturated heterocycles. The van der Waals surface area contributed by atoms with Gasteiger partial charge >= 0.3 is 0 Å². The van der Waals surface area contributed by atoms with Gasteiger partial charge in [-0.2, -0.15) is 0 Å². The van der Waals surface area contributed by atoms with Crippen molar-refractivity contribution in [3.63, 3.8) is 0 Å². The second kappa shape index (κ2) is 19.5. The number of hydrogen-bond acceptors (Lipinski definition) is 7. The number of ether oxygens (including phenoxy) is 5. The zero-order chi connectivity index (χ0) is 20.2. The quantitative estimate of drug-likeness (QED) is 0.298. The van der Waals surface area contributed by atoms with Crippen LogP contribution < -0.4 is 10.6 Å². The van der Waals surface area contributed by atoms with Gasteiger partial charge in [0.05, 0.1) is 59.5 Å². The van der Waals surface area contributed by atoms with Gasteiger partial charge in [0.15, 0.2) is 0 Å². The highest BCUT2D eigenvalue weighted by Crippen LogP contribution is 1.89. The molecule has 0 saturated carbocycles. The molecule has 0 atom stereocenters. The molecule has 0 fully saturated rings. The van der Waals surface area contributed by atoms with Gasteiger partial charge in [-0.1, -0.05) is 13.8 Å². The molecule has 0 heterocycles. The normalized spacial score (nSPS) is 11.0. The standard InChI is InChI=1S/C18H36N2O7/c1-4-19-17(21)15-27-14-13-26-12-11-25-10-9-24-8-7-23-6-5-20-18(22)16(2)3/h16H,4-15H2,1-3H3,(H,19,21)(H,20,22). The summed E-state index contributed by atoms with van der Waals surface area (Å²) in [5, 5.41) is 5.42. The molecule has 0 aliphatic rings. The molecular formula is C18H36N2O7. The Morgan fingerprint density at radius 1 is 0.704 bits per heavy atom. The fourth-order valence-corrected chi connectivity index (χ4v) is 1.74. The molecule has 0 rings (SSSR count). The first-order chi connectivity index (χ1) is 13.1. The lowest BCUT2D eigenvalue weighted by Gasteiger charge is -2.09. The monoisotopic (exact) mass is 392 g/mol. The van der Waals surface area contributed by atoms with Crippen molar-refractivity contribution in [1.82, 2.24) is 10.6 Å². The molecule has 9 nitrogen and oxygen atoms in total. The highest BCUT2D eigenvalue weighted by molar-refractivity contribution is 5.77. The second-order valence-corrected chi connectivity index (χ2v) is 5.90. The maximum Gasteiger partial charge on any atom is 0.245 e. The minimum absolute atomic E-state index is 0.00848. The Kier molecular flexibility index (Phi) is 18.6. The summed E-state index contributed by atoms with van der Waals surface area (Å²) < 4.78 is 26.5. The summed E-state index contributed by atoms with van der Waals surface area (Å²) in [5.74, 6) is -0.0992. The molecule has 9 heteroatoms. The van der Waals surface area contributed by atoms with E-state index in [-0.39, 0.29) is 24.3 Å². The average Bonchev–Trinajstić information content (AvgIpc) is 2.64. The van der Waals surface area contributed by atoms with Gasteiger partial charge in [-0.15, -0.1) is 0 Å². The fourth-order valence-electron chi connectivity index (χ4n) is 1.74. The largest absolute Gasteiger partial charge is 0.377 e. The number of hydrogen-bond donors (Lipinski definition) is 2. The lowest BCUT2D eigenvalue weighted by atomic mass is 10.2. The van der Waals surface area contributed by atoms with E-state index in [0.717, 1.165) is 0 Å². The van der Waals surface area contributed by atoms with Crippen molar-refractivity contribution in [1.29, 1.82) is 0 Å². The Labute approximate surface area is 162 Å². The molecule has 0 aromatic carbocycles. The molecular weight excluding hydrogens is 356 g/mol. The van der Waals surface area contributed by atoms with Gasteiger partial charge in [0.25, 0.3) is 0 Å². The summed E-state index contributed by atoms with van der Waals surface area (Å²) in [7, 11) is 0. The third-order valence-corrected chi connectivity index (χ3v) is 3.17. The van der Waals surface area contributed by atoms with Crippen molar-refractivity contribution in [2.24, 2.45) is 5.92 Å². The molecule has 0 bridgehead atoms. The molecule has 0 aliphatic heterocycles. The predicted molar refractivity (Wildman–Crippen MR) is 101 cm³/mol. The van der Waals surface area contributed by atoms with Crippen LogP contribution >= 0.6 is 0 Å². The van der Waals surface area contributed by atoms with E-state index in [1.165, 1.54) is 0 Å². The van der Waals surface area contributed by atoms with E-state index in [0.29, 0.717) is 72.6 Å². The Balaban J connectivity index is 3.11. The van der Waals surface area contributed by atoms with Gasteiger partial charge in [-0.05, 0) is 6.92 Å². The second-order valence-electron chi connectivity index (χ2n) is 5.90. The van der Waals surface area contributed by atoms with Crippen molar-refractivity contribution in [2.75, 3.05) is 79.2 Å². The lowest BCUT2D eigenvalue weighted by Crippen LogP contribution is -2.31. The van der Waals surface area contributed by atoms with E-state index in [1.807, 2.05) is 20.8 Å². The summed E-state index contributed by atoms with van der Waals surface area (Å²) in [6.07, 6.45) is 0. The highest BCUT2D eigenvalue weighted by Gasteiger charge is 2.04. The van der Waals surface area contributed by atoms with Crippen molar-refractivity contribution in [3.8, 4) is 0 Å². The van der Waals surface area contributed by atoms with Gasteiger partial charge in [-0.25, -0.2) is 0 Å². The topological polar surface area (TPSA) is 104 Å². The number of nitrogens with one attached hydrogen (secondary N) is 2. The van der Waals surface area contributed by atoms with Crippen molar-refractivity contribution < 1.29 is 33.3 Å². The maximum absolute atomic E-state index is 11.3. The first-order valence-corrected chi connectivity index (χ1v) is 9.51. The van der Waals surface area contributed by atoms with E-state index in [1.54, 1.807) is 0 Å².